The predicted molar refractivity (Wildman–Crippen MR) is 132 cm³/mol. The third-order valence-electron chi connectivity index (χ3n) is 7.07. The van der Waals surface area contributed by atoms with E-state index in [-0.39, 0.29) is 23.8 Å². The number of aromatic nitrogens is 1. The minimum Gasteiger partial charge on any atom is -0.371 e. The second-order valence-electron chi connectivity index (χ2n) is 9.66. The average Bonchev–Trinajstić information content (AvgIpc) is 3.41. The number of aryl methyl sites for hydroxylation is 2. The summed E-state index contributed by atoms with van der Waals surface area (Å²) in [6.45, 7) is 8.32. The van der Waals surface area contributed by atoms with Gasteiger partial charge in [-0.05, 0) is 64.8 Å². The third-order valence-corrected chi connectivity index (χ3v) is 8.24. The number of benzene rings is 1. The molecule has 176 valence electrons. The van der Waals surface area contributed by atoms with Gasteiger partial charge >= 0.3 is 0 Å². The molecule has 2 aliphatic heterocycles. The van der Waals surface area contributed by atoms with Crippen molar-refractivity contribution in [2.24, 2.45) is 5.92 Å². The summed E-state index contributed by atoms with van der Waals surface area (Å²) in [5.41, 5.74) is 3.49. The molecule has 1 aromatic heterocycles. The van der Waals surface area contributed by atoms with Crippen LogP contribution in [0.5, 0.6) is 0 Å². The Balaban J connectivity index is 1.46. The van der Waals surface area contributed by atoms with Gasteiger partial charge in [-0.1, -0.05) is 0 Å². The molecule has 1 aliphatic carbocycles. The Bertz CT molecular complexity index is 1040. The van der Waals surface area contributed by atoms with Crippen LogP contribution in [-0.2, 0) is 4.79 Å². The van der Waals surface area contributed by atoms with Crippen LogP contribution >= 0.6 is 11.3 Å². The highest BCUT2D eigenvalue weighted by molar-refractivity contribution is 7.11. The molecule has 33 heavy (non-hydrogen) atoms. The molecule has 0 spiro atoms. The topological polar surface area (TPSA) is 68.8 Å². The lowest BCUT2D eigenvalue weighted by Gasteiger charge is -2.39. The van der Waals surface area contributed by atoms with E-state index in [1.54, 1.807) is 11.3 Å². The Kier molecular flexibility index (Phi) is 6.14. The van der Waals surface area contributed by atoms with Crippen molar-refractivity contribution in [2.45, 2.75) is 45.6 Å². The van der Waals surface area contributed by atoms with Gasteiger partial charge in [-0.15, -0.1) is 11.3 Å². The lowest BCUT2D eigenvalue weighted by Crippen LogP contribution is -2.49. The van der Waals surface area contributed by atoms with E-state index in [0.29, 0.717) is 6.54 Å². The summed E-state index contributed by atoms with van der Waals surface area (Å²) < 4.78 is 0. The number of likely N-dealkylation sites (N-methyl/N-ethyl adjacent to an activating group) is 1. The van der Waals surface area contributed by atoms with E-state index < -0.39 is 0 Å². The molecule has 3 heterocycles. The van der Waals surface area contributed by atoms with Crippen molar-refractivity contribution in [3.63, 3.8) is 0 Å². The van der Waals surface area contributed by atoms with Crippen molar-refractivity contribution in [2.75, 3.05) is 50.0 Å². The maximum Gasteiger partial charge on any atom is 0.256 e. The number of thiazole rings is 1. The summed E-state index contributed by atoms with van der Waals surface area (Å²) in [7, 11) is 2.11. The van der Waals surface area contributed by atoms with Crippen molar-refractivity contribution in [1.29, 1.82) is 0 Å². The zero-order valence-electron chi connectivity index (χ0n) is 19.8. The van der Waals surface area contributed by atoms with E-state index in [1.165, 1.54) is 4.88 Å². The molecule has 8 heteroatoms. The molecule has 2 amide bonds. The molecule has 2 aromatic rings. The van der Waals surface area contributed by atoms with Crippen molar-refractivity contribution in [3.05, 3.63) is 39.3 Å². The highest BCUT2D eigenvalue weighted by atomic mass is 32.1. The fraction of sp³-hybridized carbons (Fsp3) is 0.560. The first kappa shape index (κ1) is 22.3. The zero-order chi connectivity index (χ0) is 23.1. The molecular weight excluding hydrogens is 434 g/mol. The van der Waals surface area contributed by atoms with E-state index in [9.17, 15) is 9.59 Å². The number of nitrogens with zero attached hydrogens (tertiary/aromatic N) is 4. The van der Waals surface area contributed by atoms with Crippen LogP contribution in [0.2, 0.25) is 0 Å². The standard InChI is InChI=1S/C25H33N5O2S/c1-16-17(2)33-24(26-16)22-15-28(3)12-13-30(22)25(32)20-9-8-19(27-23(31)18-6-7-18)14-21(20)29-10-4-5-11-29/h8-9,14,18,22H,4-7,10-13,15H2,1-3H3,(H,27,31). The monoisotopic (exact) mass is 467 g/mol. The highest BCUT2D eigenvalue weighted by Gasteiger charge is 2.35. The Morgan fingerprint density at radius 1 is 1.09 bits per heavy atom. The van der Waals surface area contributed by atoms with Gasteiger partial charge in [0.05, 0.1) is 23.0 Å². The van der Waals surface area contributed by atoms with Gasteiger partial charge in [0.1, 0.15) is 5.01 Å². The van der Waals surface area contributed by atoms with Crippen LogP contribution in [0.15, 0.2) is 18.2 Å². The Morgan fingerprint density at radius 3 is 2.52 bits per heavy atom. The molecular formula is C25H33N5O2S. The quantitative estimate of drug-likeness (QED) is 0.724. The first-order valence-corrected chi connectivity index (χ1v) is 12.9. The van der Waals surface area contributed by atoms with Crippen molar-refractivity contribution >= 4 is 34.5 Å². The molecule has 1 aromatic carbocycles. The zero-order valence-corrected chi connectivity index (χ0v) is 20.6. The van der Waals surface area contributed by atoms with Crippen LogP contribution in [0.4, 0.5) is 11.4 Å². The fourth-order valence-corrected chi connectivity index (χ4v) is 5.80. The number of rotatable bonds is 5. The largest absolute Gasteiger partial charge is 0.371 e. The van der Waals surface area contributed by atoms with Gasteiger partial charge in [0, 0.05) is 49.2 Å². The Hall–Kier alpha value is -2.45. The van der Waals surface area contributed by atoms with E-state index in [1.807, 2.05) is 30.0 Å². The third kappa shape index (κ3) is 4.64. The van der Waals surface area contributed by atoms with Crippen LogP contribution in [-0.4, -0.2) is 66.4 Å². The average molecular weight is 468 g/mol. The summed E-state index contributed by atoms with van der Waals surface area (Å²) in [5, 5.41) is 4.07. The van der Waals surface area contributed by atoms with Crippen molar-refractivity contribution in [1.82, 2.24) is 14.8 Å². The fourth-order valence-electron chi connectivity index (χ4n) is 4.77. The molecule has 3 fully saturated rings. The number of piperazine rings is 1. The molecule has 1 N–H and O–H groups in total. The first-order valence-electron chi connectivity index (χ1n) is 12.0. The maximum atomic E-state index is 14.0. The van der Waals surface area contributed by atoms with Crippen molar-refractivity contribution in [3.8, 4) is 0 Å². The number of hydrogen-bond donors (Lipinski definition) is 1. The lowest BCUT2D eigenvalue weighted by atomic mass is 10.1. The van der Waals surface area contributed by atoms with Gasteiger partial charge in [0.25, 0.3) is 5.91 Å². The van der Waals surface area contributed by atoms with E-state index in [4.69, 9.17) is 4.98 Å². The second-order valence-corrected chi connectivity index (χ2v) is 10.9. The first-order chi connectivity index (χ1) is 15.9. The number of carbonyl (C=O) groups excluding carboxylic acids is 2. The predicted octanol–water partition coefficient (Wildman–Crippen LogP) is 3.84. The maximum absolute atomic E-state index is 14.0. The second kappa shape index (κ2) is 9.06. The molecule has 1 atom stereocenters. The Labute approximate surface area is 199 Å². The number of nitrogens with one attached hydrogen (secondary N) is 1. The molecule has 7 nitrogen and oxygen atoms in total. The van der Waals surface area contributed by atoms with Gasteiger partial charge in [0.15, 0.2) is 0 Å². The summed E-state index contributed by atoms with van der Waals surface area (Å²) >= 11 is 1.70. The van der Waals surface area contributed by atoms with Crippen LogP contribution in [0.25, 0.3) is 0 Å². The number of carbonyl (C=O) groups is 2. The van der Waals surface area contributed by atoms with Crippen LogP contribution < -0.4 is 10.2 Å². The van der Waals surface area contributed by atoms with Gasteiger partial charge in [-0.2, -0.15) is 0 Å². The molecule has 2 saturated heterocycles. The molecule has 3 aliphatic rings. The summed E-state index contributed by atoms with van der Waals surface area (Å²) in [4.78, 5) is 38.9. The molecule has 1 unspecified atom stereocenters. The number of amides is 2. The van der Waals surface area contributed by atoms with Crippen molar-refractivity contribution < 1.29 is 9.59 Å². The van der Waals surface area contributed by atoms with E-state index >= 15 is 0 Å². The van der Waals surface area contributed by atoms with E-state index in [2.05, 4.69) is 29.1 Å². The van der Waals surface area contributed by atoms with Crippen LogP contribution in [0, 0.1) is 19.8 Å². The molecule has 0 radical (unpaired) electrons. The number of anilines is 2. The van der Waals surface area contributed by atoms with Gasteiger partial charge in [-0.25, -0.2) is 4.98 Å². The summed E-state index contributed by atoms with van der Waals surface area (Å²) in [6.07, 6.45) is 4.20. The van der Waals surface area contributed by atoms with Crippen LogP contribution in [0.1, 0.15) is 57.7 Å². The lowest BCUT2D eigenvalue weighted by molar-refractivity contribution is -0.117. The van der Waals surface area contributed by atoms with Gasteiger partial charge in [0.2, 0.25) is 5.91 Å². The highest BCUT2D eigenvalue weighted by Crippen LogP contribution is 2.35. The summed E-state index contributed by atoms with van der Waals surface area (Å²) in [6, 6.07) is 5.75. The molecule has 0 bridgehead atoms. The normalized spacial score (nSPS) is 21.5. The summed E-state index contributed by atoms with van der Waals surface area (Å²) in [5.74, 6) is 0.300. The van der Waals surface area contributed by atoms with Gasteiger partial charge < -0.3 is 20.0 Å². The smallest absolute Gasteiger partial charge is 0.256 e. The minimum absolute atomic E-state index is 0.0469. The SMILES string of the molecule is Cc1nc(C2CN(C)CCN2C(=O)c2ccc(NC(=O)C3CC3)cc2N2CCCC2)sc1C. The van der Waals surface area contributed by atoms with Crippen LogP contribution in [0.3, 0.4) is 0 Å². The number of hydrogen-bond acceptors (Lipinski definition) is 6. The van der Waals surface area contributed by atoms with Gasteiger partial charge in [-0.3, -0.25) is 9.59 Å². The Morgan fingerprint density at radius 2 is 1.85 bits per heavy atom. The van der Waals surface area contributed by atoms with E-state index in [0.717, 1.165) is 79.5 Å². The molecule has 5 rings (SSSR count). The minimum atomic E-state index is -0.0469. The molecule has 1 saturated carbocycles.